The fraction of sp³-hybridized carbons (Fsp3) is 0.500. The lowest BCUT2D eigenvalue weighted by Gasteiger charge is -2.20. The van der Waals surface area contributed by atoms with E-state index in [9.17, 15) is 10.1 Å². The number of rotatable bonds is 4. The predicted molar refractivity (Wildman–Crippen MR) is 85.2 cm³/mol. The molecular weight excluding hydrogens is 288 g/mol. The number of fused-ring (bicyclic) bond motifs is 1. The lowest BCUT2D eigenvalue weighted by atomic mass is 10.2. The van der Waals surface area contributed by atoms with Gasteiger partial charge in [0, 0.05) is 18.7 Å². The average molecular weight is 306 g/mol. The van der Waals surface area contributed by atoms with E-state index >= 15 is 0 Å². The molecule has 1 fully saturated rings. The third kappa shape index (κ3) is 2.84. The van der Waals surface area contributed by atoms with E-state index in [1.807, 2.05) is 6.92 Å². The van der Waals surface area contributed by atoms with Gasteiger partial charge in [-0.1, -0.05) is 0 Å². The first-order valence-electron chi connectivity index (χ1n) is 7.04. The van der Waals surface area contributed by atoms with Gasteiger partial charge >= 0.3 is 0 Å². The molecule has 1 aliphatic rings. The summed E-state index contributed by atoms with van der Waals surface area (Å²) in [5, 5.41) is 15.4. The lowest BCUT2D eigenvalue weighted by Crippen LogP contribution is -2.31. The molecule has 0 amide bonds. The highest BCUT2D eigenvalue weighted by atomic mass is 32.1. The van der Waals surface area contributed by atoms with E-state index in [-0.39, 0.29) is 10.6 Å². The number of aromatic nitrogens is 1. The highest BCUT2D eigenvalue weighted by molar-refractivity contribution is 7.18. The molecule has 3 rings (SSSR count). The van der Waals surface area contributed by atoms with Gasteiger partial charge in [-0.05, 0) is 39.4 Å². The maximum Gasteiger partial charge on any atom is 0.293 e. The topological polar surface area (TPSA) is 71.3 Å². The summed E-state index contributed by atoms with van der Waals surface area (Å²) in [7, 11) is 2.10. The smallest absolute Gasteiger partial charge is 0.293 e. The van der Waals surface area contributed by atoms with Crippen LogP contribution in [0.1, 0.15) is 17.8 Å². The third-order valence-corrected chi connectivity index (χ3v) is 4.94. The number of nitrogens with zero attached hydrogens (tertiary/aromatic N) is 3. The number of nitrogens with one attached hydrogen (secondary N) is 1. The summed E-state index contributed by atoms with van der Waals surface area (Å²) in [5.74, 6) is 0. The van der Waals surface area contributed by atoms with Crippen LogP contribution in [0.15, 0.2) is 12.1 Å². The molecule has 1 N–H and O–H groups in total. The van der Waals surface area contributed by atoms with Crippen molar-refractivity contribution < 1.29 is 4.92 Å². The SMILES string of the molecule is Cc1nc2cc(NCC3CCCN3C)c([N+](=O)[O-])cc2s1. The average Bonchev–Trinajstić information content (AvgIpc) is 2.99. The standard InChI is InChI=1S/C14H18N4O2S/c1-9-16-12-6-11(13(18(19)20)7-14(12)21-9)15-8-10-4-3-5-17(10)2/h6-7,10,15H,3-5,8H2,1-2H3. The Bertz CT molecular complexity index is 685. The molecule has 0 aliphatic carbocycles. The van der Waals surface area contributed by atoms with Gasteiger partial charge in [0.25, 0.3) is 5.69 Å². The van der Waals surface area contributed by atoms with E-state index < -0.39 is 0 Å². The molecule has 1 saturated heterocycles. The minimum absolute atomic E-state index is 0.131. The number of hydrogen-bond donors (Lipinski definition) is 1. The summed E-state index contributed by atoms with van der Waals surface area (Å²) < 4.78 is 0.864. The van der Waals surface area contributed by atoms with Crippen molar-refractivity contribution in [2.24, 2.45) is 0 Å². The van der Waals surface area contributed by atoms with Crippen LogP contribution >= 0.6 is 11.3 Å². The van der Waals surface area contributed by atoms with Crippen molar-refractivity contribution in [3.63, 3.8) is 0 Å². The summed E-state index contributed by atoms with van der Waals surface area (Å²) in [4.78, 5) is 17.7. The molecule has 112 valence electrons. The highest BCUT2D eigenvalue weighted by Gasteiger charge is 2.22. The van der Waals surface area contributed by atoms with Gasteiger partial charge in [0.15, 0.2) is 0 Å². The molecule has 1 aromatic carbocycles. The minimum Gasteiger partial charge on any atom is -0.378 e. The van der Waals surface area contributed by atoms with Crippen LogP contribution in [0.2, 0.25) is 0 Å². The predicted octanol–water partition coefficient (Wildman–Crippen LogP) is 3.02. The Balaban J connectivity index is 1.88. The first kappa shape index (κ1) is 14.2. The number of likely N-dealkylation sites (tertiary alicyclic amines) is 1. The summed E-state index contributed by atoms with van der Waals surface area (Å²) in [6.45, 7) is 3.74. The fourth-order valence-electron chi connectivity index (χ4n) is 2.84. The van der Waals surface area contributed by atoms with Crippen LogP contribution in [0, 0.1) is 17.0 Å². The van der Waals surface area contributed by atoms with Crippen molar-refractivity contribution in [1.82, 2.24) is 9.88 Å². The Morgan fingerprint density at radius 3 is 3.05 bits per heavy atom. The molecule has 0 saturated carbocycles. The first-order chi connectivity index (χ1) is 10.0. The highest BCUT2D eigenvalue weighted by Crippen LogP contribution is 2.33. The zero-order chi connectivity index (χ0) is 15.0. The number of likely N-dealkylation sites (N-methyl/N-ethyl adjacent to an activating group) is 1. The number of thiazole rings is 1. The number of benzene rings is 1. The second kappa shape index (κ2) is 5.57. The fourth-order valence-corrected chi connectivity index (χ4v) is 3.68. The molecule has 2 aromatic rings. The van der Waals surface area contributed by atoms with Gasteiger partial charge in [0.05, 0.1) is 20.1 Å². The van der Waals surface area contributed by atoms with Crippen molar-refractivity contribution in [3.8, 4) is 0 Å². The molecule has 21 heavy (non-hydrogen) atoms. The molecule has 6 nitrogen and oxygen atoms in total. The lowest BCUT2D eigenvalue weighted by molar-refractivity contribution is -0.383. The Morgan fingerprint density at radius 1 is 1.57 bits per heavy atom. The van der Waals surface area contributed by atoms with Gasteiger partial charge in [0.2, 0.25) is 0 Å². The van der Waals surface area contributed by atoms with Crippen LogP contribution in [0.3, 0.4) is 0 Å². The normalized spacial score (nSPS) is 19.2. The number of anilines is 1. The van der Waals surface area contributed by atoms with E-state index in [2.05, 4.69) is 22.2 Å². The van der Waals surface area contributed by atoms with Crippen molar-refractivity contribution in [2.45, 2.75) is 25.8 Å². The monoisotopic (exact) mass is 306 g/mol. The van der Waals surface area contributed by atoms with E-state index in [0.717, 1.165) is 34.7 Å². The minimum atomic E-state index is -0.324. The van der Waals surface area contributed by atoms with Crippen LogP contribution < -0.4 is 5.32 Å². The zero-order valence-corrected chi connectivity index (χ0v) is 12.9. The van der Waals surface area contributed by atoms with Crippen LogP contribution in [-0.2, 0) is 0 Å². The molecule has 0 bridgehead atoms. The van der Waals surface area contributed by atoms with E-state index in [4.69, 9.17) is 0 Å². The molecule has 1 unspecified atom stereocenters. The Kier molecular flexibility index (Phi) is 3.77. The molecule has 1 aromatic heterocycles. The van der Waals surface area contributed by atoms with E-state index in [0.29, 0.717) is 11.7 Å². The summed E-state index contributed by atoms with van der Waals surface area (Å²) in [6.07, 6.45) is 2.32. The van der Waals surface area contributed by atoms with Crippen LogP contribution in [0.5, 0.6) is 0 Å². The second-order valence-corrected chi connectivity index (χ2v) is 6.72. The largest absolute Gasteiger partial charge is 0.378 e. The molecular formula is C14H18N4O2S. The van der Waals surface area contributed by atoms with E-state index in [1.165, 1.54) is 17.8 Å². The van der Waals surface area contributed by atoms with Crippen LogP contribution in [0.25, 0.3) is 10.2 Å². The summed E-state index contributed by atoms with van der Waals surface area (Å²) in [6, 6.07) is 3.87. The Labute approximate surface area is 126 Å². The molecule has 2 heterocycles. The number of aryl methyl sites for hydroxylation is 1. The quantitative estimate of drug-likeness (QED) is 0.694. The van der Waals surface area contributed by atoms with Crippen molar-refractivity contribution >= 4 is 32.9 Å². The molecule has 1 aliphatic heterocycles. The first-order valence-corrected chi connectivity index (χ1v) is 7.86. The Morgan fingerprint density at radius 2 is 2.38 bits per heavy atom. The van der Waals surface area contributed by atoms with Crippen LogP contribution in [0.4, 0.5) is 11.4 Å². The Hall–Kier alpha value is -1.73. The summed E-state index contributed by atoms with van der Waals surface area (Å²) >= 11 is 1.48. The van der Waals surface area contributed by atoms with Gasteiger partial charge in [-0.2, -0.15) is 0 Å². The molecule has 0 spiro atoms. The molecule has 1 atom stereocenters. The number of nitro groups is 1. The van der Waals surface area contributed by atoms with E-state index in [1.54, 1.807) is 12.1 Å². The molecule has 7 heteroatoms. The van der Waals surface area contributed by atoms with Gasteiger partial charge < -0.3 is 10.2 Å². The zero-order valence-electron chi connectivity index (χ0n) is 12.1. The second-order valence-electron chi connectivity index (χ2n) is 5.48. The van der Waals surface area contributed by atoms with Crippen LogP contribution in [-0.4, -0.2) is 41.0 Å². The van der Waals surface area contributed by atoms with Crippen molar-refractivity contribution in [3.05, 3.63) is 27.3 Å². The van der Waals surface area contributed by atoms with Crippen molar-refractivity contribution in [2.75, 3.05) is 25.5 Å². The number of nitro benzene ring substituents is 1. The van der Waals surface area contributed by atoms with Gasteiger partial charge in [-0.3, -0.25) is 10.1 Å². The summed E-state index contributed by atoms with van der Waals surface area (Å²) in [5.41, 5.74) is 1.52. The maximum absolute atomic E-state index is 11.3. The molecule has 0 radical (unpaired) electrons. The maximum atomic E-state index is 11.3. The third-order valence-electron chi connectivity index (χ3n) is 4.01. The van der Waals surface area contributed by atoms with Crippen molar-refractivity contribution in [1.29, 1.82) is 0 Å². The van der Waals surface area contributed by atoms with Gasteiger partial charge in [-0.15, -0.1) is 11.3 Å². The number of hydrogen-bond acceptors (Lipinski definition) is 6. The van der Waals surface area contributed by atoms with Gasteiger partial charge in [-0.25, -0.2) is 4.98 Å². The van der Waals surface area contributed by atoms with Gasteiger partial charge in [0.1, 0.15) is 5.69 Å².